The highest BCUT2D eigenvalue weighted by Crippen LogP contribution is 2.38. The van der Waals surface area contributed by atoms with E-state index in [0.29, 0.717) is 0 Å². The molecule has 0 fully saturated rings. The molecule has 0 atom stereocenters. The van der Waals surface area contributed by atoms with E-state index in [1.807, 2.05) is 36.4 Å². The smallest absolute Gasteiger partial charge is 0.115 e. The van der Waals surface area contributed by atoms with E-state index in [1.165, 1.54) is 23.4 Å². The second-order valence-electron chi connectivity index (χ2n) is 13.4. The standard InChI is InChI=1S/C48H31N7/c1-3-19-47-41(13-1)42-14-2-4-20-48(42)55(47)40-24-36(32-9-5-11-34(21-32)43-15-7-17-45(53-43)38-26-49-30-50-27-38)23-37(25-40)33-10-6-12-35(22-33)44-16-8-18-46(54-44)39-28-51-31-52-29-39/h1-31H. The molecule has 0 N–H and O–H groups in total. The van der Waals surface area contributed by atoms with Crippen LogP contribution in [0, 0.1) is 0 Å². The Balaban J connectivity index is 1.13. The van der Waals surface area contributed by atoms with Gasteiger partial charge in [-0.15, -0.1) is 0 Å². The van der Waals surface area contributed by atoms with Crippen molar-refractivity contribution in [1.82, 2.24) is 34.5 Å². The van der Waals surface area contributed by atoms with Crippen LogP contribution in [0.4, 0.5) is 0 Å². The summed E-state index contributed by atoms with van der Waals surface area (Å²) in [5.74, 6) is 0. The fraction of sp³-hybridized carbons (Fsp3) is 0. The molecule has 0 saturated carbocycles. The zero-order valence-electron chi connectivity index (χ0n) is 29.5. The van der Waals surface area contributed by atoms with Crippen molar-refractivity contribution in [3.8, 4) is 73.0 Å². The molecule has 7 heteroatoms. The van der Waals surface area contributed by atoms with Crippen LogP contribution in [0.25, 0.3) is 94.8 Å². The largest absolute Gasteiger partial charge is 0.309 e. The molecule has 0 unspecified atom stereocenters. The average molecular weight is 706 g/mol. The van der Waals surface area contributed by atoms with Crippen molar-refractivity contribution in [3.05, 3.63) is 189 Å². The maximum atomic E-state index is 5.01. The van der Waals surface area contributed by atoms with Crippen LogP contribution in [0.3, 0.4) is 0 Å². The molecular weight excluding hydrogens is 675 g/mol. The molecule has 10 rings (SSSR count). The van der Waals surface area contributed by atoms with Crippen LogP contribution in [0.5, 0.6) is 0 Å². The first kappa shape index (κ1) is 32.0. The van der Waals surface area contributed by atoms with Crippen LogP contribution in [0.2, 0.25) is 0 Å². The number of para-hydroxylation sites is 2. The topological polar surface area (TPSA) is 82.3 Å². The highest BCUT2D eigenvalue weighted by atomic mass is 15.0. The van der Waals surface area contributed by atoms with Crippen molar-refractivity contribution in [2.75, 3.05) is 0 Å². The SMILES string of the molecule is c1cc(-c2cc(-c3cccc(-c4cccc(-c5cncnc5)n4)c3)cc(-n3c4ccccc4c4ccccc43)c2)cc(-c2cccc(-c3cncnc3)n2)c1. The van der Waals surface area contributed by atoms with Gasteiger partial charge in [-0.1, -0.05) is 84.9 Å². The zero-order chi connectivity index (χ0) is 36.6. The Kier molecular flexibility index (Phi) is 8.00. The van der Waals surface area contributed by atoms with E-state index in [9.17, 15) is 0 Å². The van der Waals surface area contributed by atoms with E-state index in [1.54, 1.807) is 24.8 Å². The van der Waals surface area contributed by atoms with Gasteiger partial charge < -0.3 is 4.57 Å². The molecule has 0 spiro atoms. The van der Waals surface area contributed by atoms with E-state index >= 15 is 0 Å². The Morgan fingerprint density at radius 1 is 0.309 bits per heavy atom. The lowest BCUT2D eigenvalue weighted by Gasteiger charge is -2.15. The summed E-state index contributed by atoms with van der Waals surface area (Å²) in [6.07, 6.45) is 10.2. The molecule has 0 aliphatic rings. The Morgan fingerprint density at radius 3 is 1.16 bits per heavy atom. The molecule has 0 radical (unpaired) electrons. The van der Waals surface area contributed by atoms with Crippen molar-refractivity contribution >= 4 is 21.8 Å². The third-order valence-corrected chi connectivity index (χ3v) is 9.95. The summed E-state index contributed by atoms with van der Waals surface area (Å²) in [6.45, 7) is 0. The quantitative estimate of drug-likeness (QED) is 0.164. The first-order valence-electron chi connectivity index (χ1n) is 18.1. The van der Waals surface area contributed by atoms with Gasteiger partial charge in [-0.05, 0) is 89.0 Å². The minimum atomic E-state index is 0.830. The molecule has 0 aliphatic heterocycles. The van der Waals surface area contributed by atoms with Crippen LogP contribution in [-0.2, 0) is 0 Å². The molecule has 0 aliphatic carbocycles. The highest BCUT2D eigenvalue weighted by molar-refractivity contribution is 6.09. The first-order chi connectivity index (χ1) is 27.2. The van der Waals surface area contributed by atoms with Crippen molar-refractivity contribution in [1.29, 1.82) is 0 Å². The summed E-state index contributed by atoms with van der Waals surface area (Å²) < 4.78 is 2.38. The van der Waals surface area contributed by atoms with Gasteiger partial charge in [0.1, 0.15) is 12.7 Å². The van der Waals surface area contributed by atoms with E-state index in [4.69, 9.17) is 9.97 Å². The van der Waals surface area contributed by atoms with Gasteiger partial charge in [0.05, 0.1) is 33.8 Å². The third kappa shape index (κ3) is 6.09. The maximum Gasteiger partial charge on any atom is 0.115 e. The van der Waals surface area contributed by atoms with E-state index in [2.05, 4.69) is 140 Å². The van der Waals surface area contributed by atoms with Crippen LogP contribution in [-0.4, -0.2) is 34.5 Å². The number of rotatable bonds is 7. The lowest BCUT2D eigenvalue weighted by Crippen LogP contribution is -1.96. The Hall–Kier alpha value is -7.64. The van der Waals surface area contributed by atoms with Gasteiger partial charge in [-0.25, -0.2) is 29.9 Å². The molecule has 5 heterocycles. The number of pyridine rings is 2. The van der Waals surface area contributed by atoms with E-state index in [0.717, 1.165) is 84.0 Å². The lowest BCUT2D eigenvalue weighted by molar-refractivity contribution is 1.16. The molecule has 0 bridgehead atoms. The minimum Gasteiger partial charge on any atom is -0.309 e. The maximum absolute atomic E-state index is 5.01. The summed E-state index contributed by atoms with van der Waals surface area (Å²) in [5, 5.41) is 2.44. The summed E-state index contributed by atoms with van der Waals surface area (Å²) in [7, 11) is 0. The molecule has 0 saturated heterocycles. The molecular formula is C48H31N7. The lowest BCUT2D eigenvalue weighted by atomic mass is 9.95. The van der Waals surface area contributed by atoms with Crippen molar-refractivity contribution in [3.63, 3.8) is 0 Å². The van der Waals surface area contributed by atoms with Gasteiger partial charge in [-0.2, -0.15) is 0 Å². The van der Waals surface area contributed by atoms with Crippen molar-refractivity contribution in [2.45, 2.75) is 0 Å². The van der Waals surface area contributed by atoms with Gasteiger partial charge in [0.25, 0.3) is 0 Å². The first-order valence-corrected chi connectivity index (χ1v) is 18.1. The van der Waals surface area contributed by atoms with Gasteiger partial charge >= 0.3 is 0 Å². The van der Waals surface area contributed by atoms with E-state index < -0.39 is 0 Å². The second-order valence-corrected chi connectivity index (χ2v) is 13.4. The number of hydrogen-bond donors (Lipinski definition) is 0. The minimum absolute atomic E-state index is 0.830. The predicted molar refractivity (Wildman–Crippen MR) is 220 cm³/mol. The molecule has 55 heavy (non-hydrogen) atoms. The van der Waals surface area contributed by atoms with E-state index in [-0.39, 0.29) is 0 Å². The molecule has 10 aromatic rings. The molecule has 0 amide bonds. The molecule has 5 aromatic carbocycles. The Morgan fingerprint density at radius 2 is 0.691 bits per heavy atom. The Bertz CT molecular complexity index is 2790. The summed E-state index contributed by atoms with van der Waals surface area (Å²) >= 11 is 0. The van der Waals surface area contributed by atoms with Crippen LogP contribution < -0.4 is 0 Å². The molecule has 5 aromatic heterocycles. The van der Waals surface area contributed by atoms with Crippen molar-refractivity contribution < 1.29 is 0 Å². The Labute approximate surface area is 317 Å². The second kappa shape index (κ2) is 13.7. The molecule has 7 nitrogen and oxygen atoms in total. The highest BCUT2D eigenvalue weighted by Gasteiger charge is 2.16. The number of benzene rings is 5. The van der Waals surface area contributed by atoms with Crippen LogP contribution in [0.15, 0.2) is 189 Å². The zero-order valence-corrected chi connectivity index (χ0v) is 29.5. The fourth-order valence-corrected chi connectivity index (χ4v) is 7.37. The number of hydrogen-bond acceptors (Lipinski definition) is 6. The number of fused-ring (bicyclic) bond motifs is 3. The van der Waals surface area contributed by atoms with Crippen molar-refractivity contribution in [2.24, 2.45) is 0 Å². The summed E-state index contributed by atoms with van der Waals surface area (Å²) in [6, 6.07) is 53.5. The molecule has 258 valence electrons. The number of aromatic nitrogens is 7. The third-order valence-electron chi connectivity index (χ3n) is 9.95. The van der Waals surface area contributed by atoms with Gasteiger partial charge in [0, 0.05) is 63.5 Å². The number of nitrogens with zero attached hydrogens (tertiary/aromatic N) is 7. The van der Waals surface area contributed by atoms with Crippen LogP contribution in [0.1, 0.15) is 0 Å². The normalized spacial score (nSPS) is 11.3. The van der Waals surface area contributed by atoms with Gasteiger partial charge in [0.2, 0.25) is 0 Å². The van der Waals surface area contributed by atoms with Gasteiger partial charge in [-0.3, -0.25) is 0 Å². The monoisotopic (exact) mass is 705 g/mol. The summed E-state index contributed by atoms with van der Waals surface area (Å²) in [4.78, 5) is 26.8. The van der Waals surface area contributed by atoms with Crippen LogP contribution >= 0.6 is 0 Å². The average Bonchev–Trinajstić information content (AvgIpc) is 3.61. The predicted octanol–water partition coefficient (Wildman–Crippen LogP) is 11.2. The van der Waals surface area contributed by atoms with Gasteiger partial charge in [0.15, 0.2) is 0 Å². The summed E-state index contributed by atoms with van der Waals surface area (Å²) in [5.41, 5.74) is 15.0. The fourth-order valence-electron chi connectivity index (χ4n) is 7.37.